The van der Waals surface area contributed by atoms with Gasteiger partial charge in [0.2, 0.25) is 0 Å². The first-order valence-corrected chi connectivity index (χ1v) is 9.05. The SMILES string of the molecule is O=[N+]([O-])c1ccc(N/N=C\c2cn(-c3ccccc3)nc2-c2ccc(F)cc2)cc1. The zero-order valence-corrected chi connectivity index (χ0v) is 15.6. The van der Waals surface area contributed by atoms with Crippen molar-refractivity contribution in [3.8, 4) is 16.9 Å². The fourth-order valence-corrected chi connectivity index (χ4v) is 2.86. The van der Waals surface area contributed by atoms with E-state index in [9.17, 15) is 14.5 Å². The number of aromatic nitrogens is 2. The van der Waals surface area contributed by atoms with Crippen LogP contribution in [0.5, 0.6) is 0 Å². The molecule has 0 bridgehead atoms. The summed E-state index contributed by atoms with van der Waals surface area (Å²) in [6.07, 6.45) is 3.43. The molecule has 0 unspecified atom stereocenters. The van der Waals surface area contributed by atoms with Crippen LogP contribution in [0.1, 0.15) is 5.56 Å². The summed E-state index contributed by atoms with van der Waals surface area (Å²) in [6.45, 7) is 0. The highest BCUT2D eigenvalue weighted by Gasteiger charge is 2.11. The van der Waals surface area contributed by atoms with Crippen molar-refractivity contribution in [3.63, 3.8) is 0 Å². The van der Waals surface area contributed by atoms with Crippen LogP contribution in [0, 0.1) is 15.9 Å². The van der Waals surface area contributed by atoms with E-state index in [1.807, 2.05) is 36.5 Å². The van der Waals surface area contributed by atoms with Gasteiger partial charge in [-0.2, -0.15) is 10.2 Å². The van der Waals surface area contributed by atoms with Crippen LogP contribution in [-0.2, 0) is 0 Å². The van der Waals surface area contributed by atoms with Crippen LogP contribution in [0.15, 0.2) is 90.2 Å². The van der Waals surface area contributed by atoms with Crippen LogP contribution in [0.2, 0.25) is 0 Å². The first kappa shape index (κ1) is 19.0. The highest BCUT2D eigenvalue weighted by Crippen LogP contribution is 2.23. The van der Waals surface area contributed by atoms with Gasteiger partial charge in [-0.15, -0.1) is 0 Å². The Morgan fingerprint density at radius 1 is 1.00 bits per heavy atom. The number of para-hydroxylation sites is 1. The zero-order chi connectivity index (χ0) is 20.9. The molecule has 0 saturated heterocycles. The maximum Gasteiger partial charge on any atom is 0.269 e. The minimum atomic E-state index is -0.458. The minimum absolute atomic E-state index is 0.00673. The Balaban J connectivity index is 1.63. The normalized spacial score (nSPS) is 11.0. The lowest BCUT2D eigenvalue weighted by Gasteiger charge is -2.01. The van der Waals surface area contributed by atoms with E-state index in [0.717, 1.165) is 16.8 Å². The van der Waals surface area contributed by atoms with E-state index in [4.69, 9.17) is 0 Å². The van der Waals surface area contributed by atoms with Gasteiger partial charge in [0.15, 0.2) is 0 Å². The molecule has 0 spiro atoms. The van der Waals surface area contributed by atoms with Gasteiger partial charge >= 0.3 is 0 Å². The maximum atomic E-state index is 13.3. The van der Waals surface area contributed by atoms with Gasteiger partial charge in [0.25, 0.3) is 5.69 Å². The first-order valence-electron chi connectivity index (χ1n) is 9.05. The predicted molar refractivity (Wildman–Crippen MR) is 113 cm³/mol. The van der Waals surface area contributed by atoms with E-state index in [2.05, 4.69) is 15.6 Å². The number of non-ortho nitro benzene ring substituents is 1. The summed E-state index contributed by atoms with van der Waals surface area (Å²) in [5.74, 6) is -0.323. The van der Waals surface area contributed by atoms with E-state index < -0.39 is 4.92 Å². The van der Waals surface area contributed by atoms with E-state index >= 15 is 0 Å². The fraction of sp³-hybridized carbons (Fsp3) is 0. The molecule has 0 fully saturated rings. The molecule has 8 heteroatoms. The third kappa shape index (κ3) is 4.22. The summed E-state index contributed by atoms with van der Waals surface area (Å²) in [6, 6.07) is 21.6. The molecule has 0 radical (unpaired) electrons. The highest BCUT2D eigenvalue weighted by molar-refractivity contribution is 5.89. The number of anilines is 1. The first-order chi connectivity index (χ1) is 14.6. The van der Waals surface area contributed by atoms with Crippen LogP contribution >= 0.6 is 0 Å². The number of nitro benzene ring substituents is 1. The zero-order valence-electron chi connectivity index (χ0n) is 15.6. The van der Waals surface area contributed by atoms with Gasteiger partial charge in [0.1, 0.15) is 11.5 Å². The molecule has 0 aliphatic carbocycles. The number of benzene rings is 3. The average molecular weight is 401 g/mol. The quantitative estimate of drug-likeness (QED) is 0.279. The highest BCUT2D eigenvalue weighted by atomic mass is 19.1. The molecule has 0 aliphatic rings. The lowest BCUT2D eigenvalue weighted by molar-refractivity contribution is -0.384. The molecule has 1 heterocycles. The second kappa shape index (κ2) is 8.36. The monoisotopic (exact) mass is 401 g/mol. The van der Waals surface area contributed by atoms with Crippen molar-refractivity contribution in [1.82, 2.24) is 9.78 Å². The van der Waals surface area contributed by atoms with Gasteiger partial charge in [-0.25, -0.2) is 9.07 Å². The van der Waals surface area contributed by atoms with Gasteiger partial charge in [-0.05, 0) is 48.5 Å². The molecule has 0 atom stereocenters. The van der Waals surface area contributed by atoms with Crippen molar-refractivity contribution >= 4 is 17.6 Å². The maximum absolute atomic E-state index is 13.3. The second-order valence-corrected chi connectivity index (χ2v) is 6.39. The molecule has 1 N–H and O–H groups in total. The molecule has 148 valence electrons. The molecular weight excluding hydrogens is 385 g/mol. The Kier molecular flexibility index (Phi) is 5.29. The number of halogens is 1. The van der Waals surface area contributed by atoms with Gasteiger partial charge in [-0.3, -0.25) is 15.5 Å². The number of rotatable bonds is 6. The Morgan fingerprint density at radius 3 is 2.37 bits per heavy atom. The Labute approximate surface area is 171 Å². The summed E-state index contributed by atoms with van der Waals surface area (Å²) in [5.41, 5.74) is 6.46. The van der Waals surface area contributed by atoms with Crippen LogP contribution in [0.25, 0.3) is 16.9 Å². The Hall–Kier alpha value is -4.33. The largest absolute Gasteiger partial charge is 0.278 e. The summed E-state index contributed by atoms with van der Waals surface area (Å²) in [5, 5.41) is 19.6. The molecule has 1 aromatic heterocycles. The van der Waals surface area contributed by atoms with Crippen molar-refractivity contribution in [2.75, 3.05) is 5.43 Å². The van der Waals surface area contributed by atoms with Gasteiger partial charge in [-0.1, -0.05) is 18.2 Å². The van der Waals surface area contributed by atoms with Crippen LogP contribution in [-0.4, -0.2) is 20.9 Å². The minimum Gasteiger partial charge on any atom is -0.278 e. The smallest absolute Gasteiger partial charge is 0.269 e. The summed E-state index contributed by atoms with van der Waals surface area (Å²) in [4.78, 5) is 10.3. The standard InChI is InChI=1S/C22H16FN5O2/c23-18-8-6-16(7-9-18)22-17(15-27(26-22)20-4-2-1-3-5-20)14-24-25-19-10-12-21(13-11-19)28(29)30/h1-15,25H/b24-14-. The number of hydrogen-bond acceptors (Lipinski definition) is 5. The molecule has 7 nitrogen and oxygen atoms in total. The molecule has 0 amide bonds. The number of hydrogen-bond donors (Lipinski definition) is 1. The average Bonchev–Trinajstić information content (AvgIpc) is 3.19. The van der Waals surface area contributed by atoms with E-state index in [1.54, 1.807) is 35.2 Å². The molecule has 4 aromatic rings. The summed E-state index contributed by atoms with van der Waals surface area (Å²) < 4.78 is 15.1. The van der Waals surface area contributed by atoms with Crippen molar-refractivity contribution < 1.29 is 9.31 Å². The number of nitrogens with zero attached hydrogens (tertiary/aromatic N) is 4. The van der Waals surface area contributed by atoms with Crippen molar-refractivity contribution in [2.45, 2.75) is 0 Å². The van der Waals surface area contributed by atoms with Gasteiger partial charge in [0.05, 0.1) is 22.5 Å². The Bertz CT molecular complexity index is 1190. The predicted octanol–water partition coefficient (Wildman–Crippen LogP) is 5.03. The van der Waals surface area contributed by atoms with E-state index in [1.165, 1.54) is 24.3 Å². The van der Waals surface area contributed by atoms with E-state index in [0.29, 0.717) is 11.4 Å². The van der Waals surface area contributed by atoms with Gasteiger partial charge in [0, 0.05) is 29.5 Å². The third-order valence-corrected chi connectivity index (χ3v) is 4.36. The number of nitrogens with one attached hydrogen (secondary N) is 1. The topological polar surface area (TPSA) is 85.4 Å². The van der Waals surface area contributed by atoms with Crippen LogP contribution < -0.4 is 5.43 Å². The van der Waals surface area contributed by atoms with Crippen molar-refractivity contribution in [2.24, 2.45) is 5.10 Å². The number of nitro groups is 1. The summed E-state index contributed by atoms with van der Waals surface area (Å²) in [7, 11) is 0. The molecule has 30 heavy (non-hydrogen) atoms. The van der Waals surface area contributed by atoms with Gasteiger partial charge < -0.3 is 0 Å². The lowest BCUT2D eigenvalue weighted by Crippen LogP contribution is -1.94. The van der Waals surface area contributed by atoms with Crippen molar-refractivity contribution in [3.05, 3.63) is 107 Å². The Morgan fingerprint density at radius 2 is 1.70 bits per heavy atom. The molecule has 3 aromatic carbocycles. The lowest BCUT2D eigenvalue weighted by atomic mass is 10.1. The fourth-order valence-electron chi connectivity index (χ4n) is 2.86. The third-order valence-electron chi connectivity index (χ3n) is 4.36. The van der Waals surface area contributed by atoms with Crippen LogP contribution in [0.4, 0.5) is 15.8 Å². The van der Waals surface area contributed by atoms with Crippen molar-refractivity contribution in [1.29, 1.82) is 0 Å². The molecule has 0 saturated carbocycles. The summed E-state index contributed by atoms with van der Waals surface area (Å²) >= 11 is 0. The number of hydrazone groups is 1. The van der Waals surface area contributed by atoms with Crippen LogP contribution in [0.3, 0.4) is 0 Å². The molecule has 0 aliphatic heterocycles. The molecule has 4 rings (SSSR count). The van der Waals surface area contributed by atoms with E-state index in [-0.39, 0.29) is 11.5 Å². The second-order valence-electron chi connectivity index (χ2n) is 6.39. The molecular formula is C22H16FN5O2.